The smallest absolute Gasteiger partial charge is 0.0941 e. The second-order valence-electron chi connectivity index (χ2n) is 3.10. The molecule has 4 nitrogen and oxygen atoms in total. The molecule has 4 heteroatoms. The Bertz CT molecular complexity index is 300. The van der Waals surface area contributed by atoms with Crippen molar-refractivity contribution in [3.05, 3.63) is 18.0 Å². The molecule has 0 aliphatic rings. The first-order valence-corrected chi connectivity index (χ1v) is 4.44. The average molecular weight is 180 g/mol. The van der Waals surface area contributed by atoms with Crippen molar-refractivity contribution in [2.24, 2.45) is 17.8 Å². The predicted octanol–water partition coefficient (Wildman–Crippen LogP) is 1.25. The molecule has 0 bridgehead atoms. The van der Waals surface area contributed by atoms with Gasteiger partial charge in [0.05, 0.1) is 18.1 Å². The molecule has 0 spiro atoms. The molecule has 1 rings (SSSR count). The molecule has 1 atom stereocenters. The van der Waals surface area contributed by atoms with Crippen molar-refractivity contribution in [3.8, 4) is 0 Å². The summed E-state index contributed by atoms with van der Waals surface area (Å²) in [6.45, 7) is 4.01. The van der Waals surface area contributed by atoms with E-state index in [9.17, 15) is 0 Å². The summed E-state index contributed by atoms with van der Waals surface area (Å²) in [5, 5.41) is 4.08. The van der Waals surface area contributed by atoms with Gasteiger partial charge < -0.3 is 5.73 Å². The first kappa shape index (κ1) is 9.77. The summed E-state index contributed by atoms with van der Waals surface area (Å²) < 4.78 is 1.77. The van der Waals surface area contributed by atoms with Gasteiger partial charge in [0.25, 0.3) is 0 Å². The maximum Gasteiger partial charge on any atom is 0.0941 e. The number of nitrogens with two attached hydrogens (primary N) is 1. The minimum Gasteiger partial charge on any atom is -0.387 e. The number of rotatable bonds is 3. The van der Waals surface area contributed by atoms with E-state index in [4.69, 9.17) is 5.73 Å². The third-order valence-electron chi connectivity index (χ3n) is 1.93. The van der Waals surface area contributed by atoms with Crippen molar-refractivity contribution in [3.63, 3.8) is 0 Å². The molecule has 13 heavy (non-hydrogen) atoms. The highest BCUT2D eigenvalue weighted by Gasteiger charge is 2.05. The Kier molecular flexibility index (Phi) is 3.06. The van der Waals surface area contributed by atoms with Gasteiger partial charge >= 0.3 is 0 Å². The maximum absolute atomic E-state index is 5.64. The Balaban J connectivity index is 2.74. The molecule has 0 radical (unpaired) electrons. The van der Waals surface area contributed by atoms with Gasteiger partial charge in [0, 0.05) is 25.2 Å². The molecule has 2 N–H and O–H groups in total. The summed E-state index contributed by atoms with van der Waals surface area (Å²) in [5.41, 5.74) is 6.74. The van der Waals surface area contributed by atoms with Crippen LogP contribution in [0.4, 0.5) is 0 Å². The summed E-state index contributed by atoms with van der Waals surface area (Å²) in [6.07, 6.45) is 4.57. The van der Waals surface area contributed by atoms with Gasteiger partial charge in [-0.1, -0.05) is 6.92 Å². The number of hydrogen-bond donors (Lipinski definition) is 1. The van der Waals surface area contributed by atoms with Crippen LogP contribution in [0.2, 0.25) is 0 Å². The summed E-state index contributed by atoms with van der Waals surface area (Å²) >= 11 is 0. The zero-order chi connectivity index (χ0) is 9.84. The van der Waals surface area contributed by atoms with Crippen molar-refractivity contribution >= 4 is 5.84 Å². The molecular formula is C9H16N4. The third-order valence-corrected chi connectivity index (χ3v) is 1.93. The molecule has 0 aliphatic heterocycles. The first-order valence-electron chi connectivity index (χ1n) is 4.44. The summed E-state index contributed by atoms with van der Waals surface area (Å²) in [5.74, 6) is 0.691. The van der Waals surface area contributed by atoms with Gasteiger partial charge in [0.2, 0.25) is 0 Å². The van der Waals surface area contributed by atoms with Crippen LogP contribution in [0.25, 0.3) is 0 Å². The fourth-order valence-electron chi connectivity index (χ4n) is 1.07. The molecule has 1 unspecified atom stereocenters. The summed E-state index contributed by atoms with van der Waals surface area (Å²) in [4.78, 5) is 4.32. The van der Waals surface area contributed by atoms with Crippen LogP contribution in [0.5, 0.6) is 0 Å². The number of aliphatic imine (C=N–C) groups is 1. The average Bonchev–Trinajstić information content (AvgIpc) is 2.51. The largest absolute Gasteiger partial charge is 0.387 e. The van der Waals surface area contributed by atoms with E-state index < -0.39 is 0 Å². The zero-order valence-corrected chi connectivity index (χ0v) is 8.36. The highest BCUT2D eigenvalue weighted by atomic mass is 15.2. The maximum atomic E-state index is 5.64. The predicted molar refractivity (Wildman–Crippen MR) is 53.5 cm³/mol. The van der Waals surface area contributed by atoms with Crippen LogP contribution >= 0.6 is 0 Å². The zero-order valence-electron chi connectivity index (χ0n) is 8.36. The lowest BCUT2D eigenvalue weighted by Gasteiger charge is -2.03. The van der Waals surface area contributed by atoms with Gasteiger partial charge in [-0.15, -0.1) is 0 Å². The Hall–Kier alpha value is -1.32. The van der Waals surface area contributed by atoms with Crippen LogP contribution in [0, 0.1) is 0 Å². The van der Waals surface area contributed by atoms with Crippen molar-refractivity contribution in [1.29, 1.82) is 0 Å². The molecule has 1 heterocycles. The molecule has 72 valence electrons. The summed E-state index contributed by atoms with van der Waals surface area (Å²) in [6, 6.07) is 0.105. The molecule has 0 saturated heterocycles. The normalized spacial score (nSPS) is 14.5. The molecule has 1 aromatic rings. The highest BCUT2D eigenvalue weighted by Crippen LogP contribution is 2.14. The molecule has 1 aromatic heterocycles. The second kappa shape index (κ2) is 4.07. The lowest BCUT2D eigenvalue weighted by atomic mass is 10.2. The van der Waals surface area contributed by atoms with Gasteiger partial charge in [-0.05, 0) is 6.92 Å². The Morgan fingerprint density at radius 1 is 1.77 bits per heavy atom. The van der Waals surface area contributed by atoms with E-state index >= 15 is 0 Å². The van der Waals surface area contributed by atoms with Gasteiger partial charge in [-0.2, -0.15) is 5.10 Å². The lowest BCUT2D eigenvalue weighted by molar-refractivity contribution is 0.762. The fourth-order valence-corrected chi connectivity index (χ4v) is 1.07. The van der Waals surface area contributed by atoms with Crippen LogP contribution in [0.15, 0.2) is 17.4 Å². The van der Waals surface area contributed by atoms with E-state index in [2.05, 4.69) is 10.1 Å². The fraction of sp³-hybridized carbons (Fsp3) is 0.556. The number of aromatic nitrogens is 2. The van der Waals surface area contributed by atoms with Crippen molar-refractivity contribution in [1.82, 2.24) is 9.78 Å². The Morgan fingerprint density at radius 2 is 2.46 bits per heavy atom. The van der Waals surface area contributed by atoms with Gasteiger partial charge in [-0.3, -0.25) is 9.67 Å². The van der Waals surface area contributed by atoms with E-state index in [1.807, 2.05) is 33.3 Å². The van der Waals surface area contributed by atoms with Crippen molar-refractivity contribution < 1.29 is 0 Å². The topological polar surface area (TPSA) is 56.2 Å². The van der Waals surface area contributed by atoms with Crippen LogP contribution in [-0.4, -0.2) is 15.6 Å². The minimum atomic E-state index is 0.105. The van der Waals surface area contributed by atoms with E-state index in [0.717, 1.165) is 12.0 Å². The van der Waals surface area contributed by atoms with E-state index in [0.29, 0.717) is 5.84 Å². The van der Waals surface area contributed by atoms with Crippen LogP contribution < -0.4 is 5.73 Å². The molecule has 0 fully saturated rings. The van der Waals surface area contributed by atoms with E-state index in [-0.39, 0.29) is 6.04 Å². The third kappa shape index (κ3) is 2.57. The number of aryl methyl sites for hydroxylation is 1. The standard InChI is InChI=1S/C9H16N4/c1-4-9(10)12-7(2)8-5-11-13(3)6-8/h5-7H,4H2,1-3H3,(H2,10,12). The van der Waals surface area contributed by atoms with Crippen molar-refractivity contribution in [2.75, 3.05) is 0 Å². The molecule has 0 aromatic carbocycles. The summed E-state index contributed by atoms with van der Waals surface area (Å²) in [7, 11) is 1.89. The van der Waals surface area contributed by atoms with E-state index in [1.54, 1.807) is 4.68 Å². The highest BCUT2D eigenvalue weighted by molar-refractivity contribution is 5.80. The molecule has 0 amide bonds. The number of amidine groups is 1. The molecule has 0 saturated carbocycles. The SMILES string of the molecule is CCC(N)=NC(C)c1cnn(C)c1. The van der Waals surface area contributed by atoms with Crippen LogP contribution in [0.1, 0.15) is 31.9 Å². The number of nitrogens with zero attached hydrogens (tertiary/aromatic N) is 3. The molecular weight excluding hydrogens is 164 g/mol. The number of hydrogen-bond acceptors (Lipinski definition) is 2. The van der Waals surface area contributed by atoms with Crippen LogP contribution in [-0.2, 0) is 7.05 Å². The monoisotopic (exact) mass is 180 g/mol. The van der Waals surface area contributed by atoms with Crippen LogP contribution in [0.3, 0.4) is 0 Å². The molecule has 0 aliphatic carbocycles. The second-order valence-corrected chi connectivity index (χ2v) is 3.10. The first-order chi connectivity index (χ1) is 6.13. The van der Waals surface area contributed by atoms with Gasteiger partial charge in [0.15, 0.2) is 0 Å². The quantitative estimate of drug-likeness (QED) is 0.562. The van der Waals surface area contributed by atoms with E-state index in [1.165, 1.54) is 0 Å². The van der Waals surface area contributed by atoms with Gasteiger partial charge in [-0.25, -0.2) is 0 Å². The lowest BCUT2D eigenvalue weighted by Crippen LogP contribution is -2.11. The Labute approximate surface area is 78.5 Å². The van der Waals surface area contributed by atoms with Crippen molar-refractivity contribution in [2.45, 2.75) is 26.3 Å². The minimum absolute atomic E-state index is 0.105. The van der Waals surface area contributed by atoms with Gasteiger partial charge in [0.1, 0.15) is 0 Å². The Morgan fingerprint density at radius 3 is 2.92 bits per heavy atom.